The largest absolute Gasteiger partial charge is 0.383 e. The van der Waals surface area contributed by atoms with Gasteiger partial charge in [0.25, 0.3) is 0 Å². The molecule has 1 aromatic heterocycles. The topological polar surface area (TPSA) is 37.4 Å². The quantitative estimate of drug-likeness (QED) is 0.857. The van der Waals surface area contributed by atoms with Gasteiger partial charge < -0.3 is 15.0 Å². The second-order valence-corrected chi connectivity index (χ2v) is 5.14. The number of rotatable bonds is 6. The molecule has 0 spiro atoms. The van der Waals surface area contributed by atoms with E-state index in [0.29, 0.717) is 6.04 Å². The zero-order valence-corrected chi connectivity index (χ0v) is 12.1. The summed E-state index contributed by atoms with van der Waals surface area (Å²) in [4.78, 5) is 6.81. The van der Waals surface area contributed by atoms with E-state index in [0.717, 1.165) is 38.4 Å². The van der Waals surface area contributed by atoms with Crippen molar-refractivity contribution in [3.05, 3.63) is 24.0 Å². The lowest BCUT2D eigenvalue weighted by atomic mass is 10.0. The summed E-state index contributed by atoms with van der Waals surface area (Å²) in [6.07, 6.45) is 5.29. The number of likely N-dealkylation sites (tertiary alicyclic amines) is 1. The number of aryl methyl sites for hydroxylation is 1. The zero-order chi connectivity index (χ0) is 13.5. The van der Waals surface area contributed by atoms with Crippen molar-refractivity contribution in [1.29, 1.82) is 0 Å². The van der Waals surface area contributed by atoms with Crippen molar-refractivity contribution < 1.29 is 6.16 Å². The summed E-state index contributed by atoms with van der Waals surface area (Å²) >= 11 is 0. The zero-order valence-electron chi connectivity index (χ0n) is 12.1. The average molecular weight is 265 g/mol. The molecule has 1 aromatic rings. The predicted molar refractivity (Wildman–Crippen MR) is 80.7 cm³/mol. The normalized spacial score (nSPS) is 17.6. The number of ether oxygens (including phenoxy) is 1. The van der Waals surface area contributed by atoms with Gasteiger partial charge in [-0.2, -0.15) is 0 Å². The number of piperidine rings is 1. The Balaban J connectivity index is 0.00000200. The van der Waals surface area contributed by atoms with E-state index < -0.39 is 0 Å². The summed E-state index contributed by atoms with van der Waals surface area (Å²) in [5.74, 6) is 0. The van der Waals surface area contributed by atoms with E-state index in [1.165, 1.54) is 18.5 Å². The maximum Gasteiger partial charge on any atom is 0.0589 e. The summed E-state index contributed by atoms with van der Waals surface area (Å²) in [5, 5.41) is 3.63. The van der Waals surface area contributed by atoms with Gasteiger partial charge >= 0.3 is 0 Å². The highest BCUT2D eigenvalue weighted by Gasteiger charge is 2.18. The number of anilines is 1. The Morgan fingerprint density at radius 3 is 2.95 bits per heavy atom. The Morgan fingerprint density at radius 1 is 1.47 bits per heavy atom. The fourth-order valence-electron chi connectivity index (χ4n) is 2.52. The molecular weight excluding hydrogens is 238 g/mol. The number of hydrogen-bond donors (Lipinski definition) is 1. The van der Waals surface area contributed by atoms with Crippen LogP contribution in [0.15, 0.2) is 18.3 Å². The second-order valence-electron chi connectivity index (χ2n) is 5.14. The highest BCUT2D eigenvalue weighted by Crippen LogP contribution is 2.17. The molecule has 1 N–H and O–H groups in total. The van der Waals surface area contributed by atoms with E-state index in [1.807, 2.05) is 6.20 Å². The molecule has 0 radical (unpaired) electrons. The third kappa shape index (κ3) is 4.48. The molecule has 1 aliphatic rings. The van der Waals surface area contributed by atoms with Crippen LogP contribution in [-0.2, 0) is 11.2 Å². The van der Waals surface area contributed by atoms with Gasteiger partial charge in [-0.1, -0.05) is 6.92 Å². The Morgan fingerprint density at radius 2 is 2.26 bits per heavy atom. The fourth-order valence-corrected chi connectivity index (χ4v) is 2.52. The Hall–Kier alpha value is -1.13. The van der Waals surface area contributed by atoms with Gasteiger partial charge in [0.05, 0.1) is 6.61 Å². The minimum absolute atomic E-state index is 0. The van der Waals surface area contributed by atoms with Gasteiger partial charge in [0, 0.05) is 51.8 Å². The molecule has 0 atom stereocenters. The number of pyridine rings is 1. The van der Waals surface area contributed by atoms with E-state index in [9.17, 15) is 0 Å². The number of methoxy groups -OCH3 is 1. The van der Waals surface area contributed by atoms with Crippen LogP contribution < -0.4 is 5.32 Å². The van der Waals surface area contributed by atoms with Gasteiger partial charge in [-0.05, 0) is 31.4 Å². The van der Waals surface area contributed by atoms with Crippen LogP contribution in [0.4, 0.5) is 5.69 Å². The van der Waals surface area contributed by atoms with Crippen LogP contribution in [0.3, 0.4) is 0 Å². The lowest BCUT2D eigenvalue weighted by Gasteiger charge is -2.32. The molecule has 1 fully saturated rings. The molecule has 0 bridgehead atoms. The lowest BCUT2D eigenvalue weighted by Crippen LogP contribution is -2.40. The summed E-state index contributed by atoms with van der Waals surface area (Å²) in [6.45, 7) is 6.35. The van der Waals surface area contributed by atoms with E-state index in [4.69, 9.17) is 4.74 Å². The predicted octanol–water partition coefficient (Wildman–Crippen LogP) is 2.41. The monoisotopic (exact) mass is 265 g/mol. The Labute approximate surface area is 117 Å². The second kappa shape index (κ2) is 7.46. The van der Waals surface area contributed by atoms with Crippen molar-refractivity contribution in [2.45, 2.75) is 32.2 Å². The van der Waals surface area contributed by atoms with Gasteiger partial charge in [0.15, 0.2) is 0 Å². The number of nitrogens with zero attached hydrogens (tertiary/aromatic N) is 2. The molecule has 0 amide bonds. The van der Waals surface area contributed by atoms with Crippen LogP contribution >= 0.6 is 0 Å². The van der Waals surface area contributed by atoms with Crippen molar-refractivity contribution >= 4 is 5.69 Å². The first-order chi connectivity index (χ1) is 9.31. The van der Waals surface area contributed by atoms with Crippen molar-refractivity contribution in [1.82, 2.24) is 9.88 Å². The van der Waals surface area contributed by atoms with Crippen molar-refractivity contribution in [3.8, 4) is 0 Å². The third-order valence-corrected chi connectivity index (χ3v) is 3.75. The van der Waals surface area contributed by atoms with Gasteiger partial charge in [0.2, 0.25) is 0 Å². The van der Waals surface area contributed by atoms with Crippen LogP contribution in [0.1, 0.15) is 26.9 Å². The van der Waals surface area contributed by atoms with Crippen LogP contribution in [0.5, 0.6) is 0 Å². The first-order valence-corrected chi connectivity index (χ1v) is 7.24. The van der Waals surface area contributed by atoms with Crippen LogP contribution in [-0.4, -0.2) is 49.3 Å². The average Bonchev–Trinajstić information content (AvgIpc) is 2.47. The molecule has 0 aromatic carbocycles. The molecule has 1 aliphatic heterocycles. The third-order valence-electron chi connectivity index (χ3n) is 3.75. The maximum absolute atomic E-state index is 5.13. The van der Waals surface area contributed by atoms with E-state index >= 15 is 0 Å². The first-order valence-electron chi connectivity index (χ1n) is 7.24. The molecule has 0 aliphatic carbocycles. The first kappa shape index (κ1) is 14.3. The van der Waals surface area contributed by atoms with E-state index in [-0.39, 0.29) is 1.43 Å². The lowest BCUT2D eigenvalue weighted by molar-refractivity contribution is 0.132. The summed E-state index contributed by atoms with van der Waals surface area (Å²) in [5.41, 5.74) is 2.37. The summed E-state index contributed by atoms with van der Waals surface area (Å²) in [7, 11) is 1.77. The molecule has 108 valence electrons. The Bertz CT molecular complexity index is 381. The summed E-state index contributed by atoms with van der Waals surface area (Å²) in [6, 6.07) is 4.82. The highest BCUT2D eigenvalue weighted by atomic mass is 16.5. The number of aromatic nitrogens is 1. The SMILES string of the molecule is CCc1cc(NC2CCN(CCOC)CC2)ccn1.[HH]. The van der Waals surface area contributed by atoms with E-state index in [2.05, 4.69) is 34.3 Å². The Kier molecular flexibility index (Phi) is 5.61. The van der Waals surface area contributed by atoms with Gasteiger partial charge in [-0.15, -0.1) is 0 Å². The minimum Gasteiger partial charge on any atom is -0.383 e. The molecule has 0 unspecified atom stereocenters. The van der Waals surface area contributed by atoms with Gasteiger partial charge in [-0.25, -0.2) is 0 Å². The van der Waals surface area contributed by atoms with E-state index in [1.54, 1.807) is 7.11 Å². The summed E-state index contributed by atoms with van der Waals surface area (Å²) < 4.78 is 5.13. The standard InChI is InChI=1S/C15H25N3O.H2/c1-3-13-12-15(4-7-16-13)17-14-5-8-18(9-6-14)10-11-19-2;/h4,7,12,14H,3,5-6,8-11H2,1-2H3,(H,16,17);1H. The van der Waals surface area contributed by atoms with Crippen LogP contribution in [0.2, 0.25) is 0 Å². The number of nitrogens with one attached hydrogen (secondary N) is 1. The minimum atomic E-state index is 0. The van der Waals surface area contributed by atoms with Crippen molar-refractivity contribution in [2.24, 2.45) is 0 Å². The molecule has 19 heavy (non-hydrogen) atoms. The van der Waals surface area contributed by atoms with Crippen LogP contribution in [0, 0.1) is 0 Å². The van der Waals surface area contributed by atoms with Crippen LogP contribution in [0.25, 0.3) is 0 Å². The molecular formula is C15H27N3O. The highest BCUT2D eigenvalue weighted by molar-refractivity contribution is 5.44. The van der Waals surface area contributed by atoms with Crippen molar-refractivity contribution in [2.75, 3.05) is 38.7 Å². The molecule has 0 saturated carbocycles. The molecule has 2 heterocycles. The smallest absolute Gasteiger partial charge is 0.0589 e. The van der Waals surface area contributed by atoms with Gasteiger partial charge in [0.1, 0.15) is 0 Å². The van der Waals surface area contributed by atoms with Crippen molar-refractivity contribution in [3.63, 3.8) is 0 Å². The van der Waals surface area contributed by atoms with Gasteiger partial charge in [-0.3, -0.25) is 4.98 Å². The number of hydrogen-bond acceptors (Lipinski definition) is 4. The maximum atomic E-state index is 5.13. The fraction of sp³-hybridized carbons (Fsp3) is 0.667. The molecule has 4 heteroatoms. The molecule has 1 saturated heterocycles. The molecule has 4 nitrogen and oxygen atoms in total. The molecule has 2 rings (SSSR count).